The van der Waals surface area contributed by atoms with Gasteiger partial charge >= 0.3 is 0 Å². The predicted molar refractivity (Wildman–Crippen MR) is 64.0 cm³/mol. The molecule has 2 aliphatic rings. The van der Waals surface area contributed by atoms with E-state index in [4.69, 9.17) is 0 Å². The van der Waals surface area contributed by atoms with Gasteiger partial charge in [0.2, 0.25) is 0 Å². The standard InChI is InChI=1S/C15H20/c1-14(2,3)13-10-15(13)9-8-11-6-4-5-7-12(11)15/h4-7,13H,8-10H2,1-3H3. The fourth-order valence-electron chi connectivity index (χ4n) is 3.73. The van der Waals surface area contributed by atoms with Crippen molar-refractivity contribution >= 4 is 0 Å². The summed E-state index contributed by atoms with van der Waals surface area (Å²) in [4.78, 5) is 0. The van der Waals surface area contributed by atoms with Gasteiger partial charge in [-0.15, -0.1) is 0 Å². The monoisotopic (exact) mass is 200 g/mol. The van der Waals surface area contributed by atoms with Crippen LogP contribution in [-0.2, 0) is 11.8 Å². The fraction of sp³-hybridized carbons (Fsp3) is 0.600. The summed E-state index contributed by atoms with van der Waals surface area (Å²) in [5, 5.41) is 0. The highest BCUT2D eigenvalue weighted by molar-refractivity contribution is 5.45. The molecule has 0 aromatic heterocycles. The molecule has 15 heavy (non-hydrogen) atoms. The molecule has 80 valence electrons. The van der Waals surface area contributed by atoms with E-state index < -0.39 is 0 Å². The molecule has 1 saturated carbocycles. The summed E-state index contributed by atoms with van der Waals surface area (Å²) >= 11 is 0. The van der Waals surface area contributed by atoms with Crippen LogP contribution in [0.3, 0.4) is 0 Å². The molecule has 3 rings (SSSR count). The van der Waals surface area contributed by atoms with E-state index in [2.05, 4.69) is 45.0 Å². The molecular formula is C15H20. The van der Waals surface area contributed by atoms with Gasteiger partial charge < -0.3 is 0 Å². The molecule has 2 atom stereocenters. The Hall–Kier alpha value is -0.780. The first-order valence-corrected chi connectivity index (χ1v) is 6.12. The van der Waals surface area contributed by atoms with E-state index in [-0.39, 0.29) is 0 Å². The zero-order valence-electron chi connectivity index (χ0n) is 10.0. The van der Waals surface area contributed by atoms with Crippen molar-refractivity contribution in [2.75, 3.05) is 0 Å². The van der Waals surface area contributed by atoms with Crippen molar-refractivity contribution in [2.45, 2.75) is 45.4 Å². The zero-order chi connectivity index (χ0) is 10.7. The van der Waals surface area contributed by atoms with Crippen LogP contribution in [-0.4, -0.2) is 0 Å². The van der Waals surface area contributed by atoms with Gasteiger partial charge in [0.15, 0.2) is 0 Å². The van der Waals surface area contributed by atoms with E-state index in [0.717, 1.165) is 5.92 Å². The average Bonchev–Trinajstić information content (AvgIpc) is 2.79. The van der Waals surface area contributed by atoms with Crippen molar-refractivity contribution < 1.29 is 0 Å². The molecule has 0 heteroatoms. The predicted octanol–water partition coefficient (Wildman–Crippen LogP) is 3.94. The molecule has 0 N–H and O–H groups in total. The van der Waals surface area contributed by atoms with Crippen molar-refractivity contribution in [3.05, 3.63) is 35.4 Å². The highest BCUT2D eigenvalue weighted by atomic mass is 14.6. The molecule has 0 bridgehead atoms. The Bertz CT molecular complexity index is 397. The average molecular weight is 200 g/mol. The first kappa shape index (κ1) is 9.45. The van der Waals surface area contributed by atoms with E-state index in [9.17, 15) is 0 Å². The quantitative estimate of drug-likeness (QED) is 0.595. The van der Waals surface area contributed by atoms with Crippen molar-refractivity contribution in [1.29, 1.82) is 0 Å². The third kappa shape index (κ3) is 1.20. The van der Waals surface area contributed by atoms with Crippen LogP contribution < -0.4 is 0 Å². The SMILES string of the molecule is CC(C)(C)C1CC12CCc1ccccc12. The van der Waals surface area contributed by atoms with Crippen LogP contribution in [0.15, 0.2) is 24.3 Å². The number of hydrogen-bond acceptors (Lipinski definition) is 0. The first-order valence-electron chi connectivity index (χ1n) is 6.12. The highest BCUT2D eigenvalue weighted by Crippen LogP contribution is 2.67. The van der Waals surface area contributed by atoms with Gasteiger partial charge in [0.05, 0.1) is 0 Å². The van der Waals surface area contributed by atoms with Gasteiger partial charge in [0, 0.05) is 0 Å². The number of rotatable bonds is 0. The summed E-state index contributed by atoms with van der Waals surface area (Å²) in [6, 6.07) is 9.09. The Morgan fingerprint density at radius 1 is 1.20 bits per heavy atom. The number of benzene rings is 1. The maximum absolute atomic E-state index is 2.40. The lowest BCUT2D eigenvalue weighted by atomic mass is 9.82. The van der Waals surface area contributed by atoms with Crippen molar-refractivity contribution in [2.24, 2.45) is 11.3 Å². The molecule has 0 aliphatic heterocycles. The Morgan fingerprint density at radius 2 is 1.93 bits per heavy atom. The Morgan fingerprint density at radius 3 is 2.60 bits per heavy atom. The summed E-state index contributed by atoms with van der Waals surface area (Å²) < 4.78 is 0. The van der Waals surface area contributed by atoms with Crippen LogP contribution in [0.25, 0.3) is 0 Å². The number of aryl methyl sites for hydroxylation is 1. The minimum Gasteiger partial charge on any atom is -0.0620 e. The Balaban J connectivity index is 2.00. The van der Waals surface area contributed by atoms with Crippen LogP contribution in [0.1, 0.15) is 44.7 Å². The molecule has 0 heterocycles. The normalized spacial score (nSPS) is 33.1. The lowest BCUT2D eigenvalue weighted by Gasteiger charge is -2.22. The molecule has 1 aromatic carbocycles. The third-order valence-electron chi connectivity index (χ3n) is 4.51. The Labute approximate surface area is 92.7 Å². The summed E-state index contributed by atoms with van der Waals surface area (Å²) in [6.45, 7) is 7.19. The highest BCUT2D eigenvalue weighted by Gasteiger charge is 2.61. The molecule has 0 amide bonds. The van der Waals surface area contributed by atoms with Gasteiger partial charge in [-0.05, 0) is 47.1 Å². The van der Waals surface area contributed by atoms with Gasteiger partial charge in [-0.3, -0.25) is 0 Å². The zero-order valence-corrected chi connectivity index (χ0v) is 10.0. The van der Waals surface area contributed by atoms with Gasteiger partial charge in [-0.2, -0.15) is 0 Å². The fourth-order valence-corrected chi connectivity index (χ4v) is 3.73. The first-order chi connectivity index (χ1) is 7.04. The molecule has 0 radical (unpaired) electrons. The lowest BCUT2D eigenvalue weighted by Crippen LogP contribution is -2.16. The third-order valence-corrected chi connectivity index (χ3v) is 4.51. The van der Waals surface area contributed by atoms with Gasteiger partial charge in [-0.1, -0.05) is 45.0 Å². The summed E-state index contributed by atoms with van der Waals surface area (Å²) in [5.41, 5.74) is 4.35. The van der Waals surface area contributed by atoms with Crippen LogP contribution >= 0.6 is 0 Å². The molecule has 0 nitrogen and oxygen atoms in total. The van der Waals surface area contributed by atoms with E-state index in [1.807, 2.05) is 0 Å². The smallest absolute Gasteiger partial charge is 0.000442 e. The van der Waals surface area contributed by atoms with Crippen LogP contribution in [0.5, 0.6) is 0 Å². The second kappa shape index (κ2) is 2.66. The van der Waals surface area contributed by atoms with Gasteiger partial charge in [-0.25, -0.2) is 0 Å². The van der Waals surface area contributed by atoms with E-state index in [1.54, 1.807) is 11.1 Å². The molecule has 1 spiro atoms. The van der Waals surface area contributed by atoms with E-state index in [0.29, 0.717) is 10.8 Å². The topological polar surface area (TPSA) is 0 Å². The molecule has 2 aliphatic carbocycles. The Kier molecular flexibility index (Phi) is 1.68. The largest absolute Gasteiger partial charge is 0.0620 e. The van der Waals surface area contributed by atoms with E-state index in [1.165, 1.54) is 19.3 Å². The number of hydrogen-bond donors (Lipinski definition) is 0. The van der Waals surface area contributed by atoms with Crippen LogP contribution in [0.4, 0.5) is 0 Å². The number of fused-ring (bicyclic) bond motifs is 2. The van der Waals surface area contributed by atoms with Gasteiger partial charge in [0.1, 0.15) is 0 Å². The molecule has 1 aromatic rings. The molecule has 1 fully saturated rings. The van der Waals surface area contributed by atoms with Gasteiger partial charge in [0.25, 0.3) is 0 Å². The maximum Gasteiger partial charge on any atom is -0.000442 e. The van der Waals surface area contributed by atoms with Crippen LogP contribution in [0, 0.1) is 11.3 Å². The summed E-state index contributed by atoms with van der Waals surface area (Å²) in [7, 11) is 0. The second-order valence-electron chi connectivity index (χ2n) is 6.44. The molecule has 2 unspecified atom stereocenters. The molecular weight excluding hydrogens is 180 g/mol. The summed E-state index contributed by atoms with van der Waals surface area (Å²) in [5.74, 6) is 0.911. The minimum atomic E-state index is 0.484. The molecule has 0 saturated heterocycles. The minimum absolute atomic E-state index is 0.484. The maximum atomic E-state index is 2.40. The summed E-state index contributed by atoms with van der Waals surface area (Å²) in [6.07, 6.45) is 4.13. The van der Waals surface area contributed by atoms with Crippen molar-refractivity contribution in [1.82, 2.24) is 0 Å². The van der Waals surface area contributed by atoms with E-state index >= 15 is 0 Å². The van der Waals surface area contributed by atoms with Crippen molar-refractivity contribution in [3.63, 3.8) is 0 Å². The van der Waals surface area contributed by atoms with Crippen molar-refractivity contribution in [3.8, 4) is 0 Å². The van der Waals surface area contributed by atoms with Crippen LogP contribution in [0.2, 0.25) is 0 Å². The second-order valence-corrected chi connectivity index (χ2v) is 6.44. The lowest BCUT2D eigenvalue weighted by molar-refractivity contribution is 0.314.